The van der Waals surface area contributed by atoms with Gasteiger partial charge in [-0.05, 0) is 52.5 Å². The number of aryl methyl sites for hydroxylation is 2. The van der Waals surface area contributed by atoms with Crippen LogP contribution in [0.5, 0.6) is 0 Å². The summed E-state index contributed by atoms with van der Waals surface area (Å²) in [6.45, 7) is 10.9. The van der Waals surface area contributed by atoms with Gasteiger partial charge in [0.1, 0.15) is 0 Å². The third kappa shape index (κ3) is 6.60. The first kappa shape index (κ1) is 19.5. The topological polar surface area (TPSA) is 63.5 Å². The van der Waals surface area contributed by atoms with E-state index in [-0.39, 0.29) is 0 Å². The van der Waals surface area contributed by atoms with Crippen LogP contribution >= 0.6 is 0 Å². The largest absolute Gasteiger partial charge is 0.382 e. The van der Waals surface area contributed by atoms with Crippen molar-refractivity contribution in [1.29, 1.82) is 0 Å². The van der Waals surface area contributed by atoms with E-state index >= 15 is 0 Å². The molecule has 0 radical (unpaired) electrons. The smallest absolute Gasteiger partial charge is 0.191 e. The molecule has 0 saturated heterocycles. The molecule has 0 aromatic carbocycles. The molecule has 0 aliphatic rings. The van der Waals surface area contributed by atoms with E-state index in [1.807, 2.05) is 25.7 Å². The maximum atomic E-state index is 5.34. The Kier molecular flexibility index (Phi) is 8.69. The number of aliphatic imine (C=N–C) groups is 1. The molecular formula is C17H33N5O. The van der Waals surface area contributed by atoms with Crippen LogP contribution in [0.2, 0.25) is 0 Å². The lowest BCUT2D eigenvalue weighted by molar-refractivity contribution is 0.143. The van der Waals surface area contributed by atoms with Crippen molar-refractivity contribution in [2.45, 2.75) is 53.0 Å². The van der Waals surface area contributed by atoms with Crippen LogP contribution in [0.3, 0.4) is 0 Å². The summed E-state index contributed by atoms with van der Waals surface area (Å²) in [5.41, 5.74) is 3.66. The number of unbranched alkanes of at least 4 members (excludes halogenated alkanes) is 1. The second-order valence-electron chi connectivity index (χ2n) is 5.93. The van der Waals surface area contributed by atoms with Crippen molar-refractivity contribution in [2.24, 2.45) is 12.0 Å². The number of guanidine groups is 1. The summed E-state index contributed by atoms with van der Waals surface area (Å²) in [7, 11) is 3.80. The molecule has 132 valence electrons. The van der Waals surface area contributed by atoms with Gasteiger partial charge in [-0.25, -0.2) is 0 Å². The van der Waals surface area contributed by atoms with E-state index < -0.39 is 0 Å². The number of rotatable bonds is 9. The Labute approximate surface area is 140 Å². The third-order valence-corrected chi connectivity index (χ3v) is 3.99. The first-order valence-corrected chi connectivity index (χ1v) is 8.53. The number of nitrogens with one attached hydrogen (secondary N) is 2. The fourth-order valence-corrected chi connectivity index (χ4v) is 2.58. The highest BCUT2D eigenvalue weighted by atomic mass is 16.5. The number of aromatic nitrogens is 2. The zero-order valence-electron chi connectivity index (χ0n) is 15.6. The van der Waals surface area contributed by atoms with Crippen molar-refractivity contribution in [3.05, 3.63) is 17.0 Å². The second kappa shape index (κ2) is 10.3. The molecule has 0 spiro atoms. The Balaban J connectivity index is 2.37. The molecule has 23 heavy (non-hydrogen) atoms. The SMILES string of the molecule is CCOCCCCNC(=NC)NC(C)Cc1c(C)nn(C)c1C. The van der Waals surface area contributed by atoms with Crippen molar-refractivity contribution >= 4 is 5.96 Å². The highest BCUT2D eigenvalue weighted by Gasteiger charge is 2.13. The summed E-state index contributed by atoms with van der Waals surface area (Å²) in [5.74, 6) is 0.855. The van der Waals surface area contributed by atoms with Gasteiger partial charge in [0.25, 0.3) is 0 Å². The van der Waals surface area contributed by atoms with E-state index in [1.165, 1.54) is 11.3 Å². The molecule has 0 saturated carbocycles. The molecule has 0 amide bonds. The Morgan fingerprint density at radius 1 is 1.35 bits per heavy atom. The van der Waals surface area contributed by atoms with E-state index in [1.54, 1.807) is 0 Å². The first-order chi connectivity index (χ1) is 11.0. The molecular weight excluding hydrogens is 290 g/mol. The van der Waals surface area contributed by atoms with Crippen LogP contribution in [0.1, 0.15) is 43.6 Å². The summed E-state index contributed by atoms with van der Waals surface area (Å²) in [5, 5.41) is 11.3. The van der Waals surface area contributed by atoms with Crippen LogP contribution < -0.4 is 10.6 Å². The predicted molar refractivity (Wildman–Crippen MR) is 96.1 cm³/mol. The highest BCUT2D eigenvalue weighted by molar-refractivity contribution is 5.79. The van der Waals surface area contributed by atoms with E-state index in [2.05, 4.69) is 41.5 Å². The number of ether oxygens (including phenoxy) is 1. The summed E-state index contributed by atoms with van der Waals surface area (Å²) in [4.78, 5) is 4.30. The Hall–Kier alpha value is -1.56. The lowest BCUT2D eigenvalue weighted by atomic mass is 10.1. The Morgan fingerprint density at radius 2 is 2.09 bits per heavy atom. The zero-order chi connectivity index (χ0) is 17.2. The molecule has 0 bridgehead atoms. The second-order valence-corrected chi connectivity index (χ2v) is 5.93. The Bertz CT molecular complexity index is 495. The quantitative estimate of drug-likeness (QED) is 0.414. The zero-order valence-corrected chi connectivity index (χ0v) is 15.6. The van der Waals surface area contributed by atoms with Gasteiger partial charge in [0.15, 0.2) is 5.96 Å². The summed E-state index contributed by atoms with van der Waals surface area (Å²) >= 11 is 0. The number of hydrogen-bond acceptors (Lipinski definition) is 3. The standard InChI is InChI=1S/C17H33N5O/c1-7-23-11-9-8-10-19-17(18-5)20-13(2)12-16-14(3)21-22(6)15(16)4/h13H,7-12H2,1-6H3,(H2,18,19,20). The molecule has 1 atom stereocenters. The molecule has 1 heterocycles. The van der Waals surface area contributed by atoms with Gasteiger partial charge in [-0.3, -0.25) is 9.67 Å². The van der Waals surface area contributed by atoms with Crippen molar-refractivity contribution in [1.82, 2.24) is 20.4 Å². The van der Waals surface area contributed by atoms with Crippen molar-refractivity contribution in [2.75, 3.05) is 26.8 Å². The van der Waals surface area contributed by atoms with Crippen LogP contribution in [-0.2, 0) is 18.2 Å². The van der Waals surface area contributed by atoms with Gasteiger partial charge in [-0.1, -0.05) is 0 Å². The normalized spacial score (nSPS) is 13.2. The lowest BCUT2D eigenvalue weighted by Gasteiger charge is -2.18. The first-order valence-electron chi connectivity index (χ1n) is 8.53. The minimum absolute atomic E-state index is 0.297. The van der Waals surface area contributed by atoms with Crippen LogP contribution in [-0.4, -0.2) is 48.6 Å². The maximum Gasteiger partial charge on any atom is 0.191 e. The summed E-state index contributed by atoms with van der Waals surface area (Å²) < 4.78 is 7.29. The van der Waals surface area contributed by atoms with Gasteiger partial charge < -0.3 is 15.4 Å². The molecule has 1 aromatic heterocycles. The molecule has 2 N–H and O–H groups in total. The average molecular weight is 323 g/mol. The van der Waals surface area contributed by atoms with Crippen LogP contribution in [0.25, 0.3) is 0 Å². The monoisotopic (exact) mass is 323 g/mol. The summed E-state index contributed by atoms with van der Waals surface area (Å²) in [6, 6.07) is 0.297. The van der Waals surface area contributed by atoms with Gasteiger partial charge in [0, 0.05) is 45.6 Å². The molecule has 1 aromatic rings. The van der Waals surface area contributed by atoms with E-state index in [4.69, 9.17) is 4.74 Å². The van der Waals surface area contributed by atoms with E-state index in [9.17, 15) is 0 Å². The van der Waals surface area contributed by atoms with Crippen molar-refractivity contribution in [3.8, 4) is 0 Å². The fraction of sp³-hybridized carbons (Fsp3) is 0.765. The van der Waals surface area contributed by atoms with E-state index in [0.717, 1.165) is 50.7 Å². The Morgan fingerprint density at radius 3 is 2.65 bits per heavy atom. The minimum atomic E-state index is 0.297. The lowest BCUT2D eigenvalue weighted by Crippen LogP contribution is -2.43. The molecule has 0 aliphatic carbocycles. The average Bonchev–Trinajstić information content (AvgIpc) is 2.76. The van der Waals surface area contributed by atoms with Crippen LogP contribution in [0.15, 0.2) is 4.99 Å². The summed E-state index contributed by atoms with van der Waals surface area (Å²) in [6.07, 6.45) is 3.09. The molecule has 6 heteroatoms. The third-order valence-electron chi connectivity index (χ3n) is 3.99. The maximum absolute atomic E-state index is 5.34. The minimum Gasteiger partial charge on any atom is -0.382 e. The van der Waals surface area contributed by atoms with Gasteiger partial charge in [0.05, 0.1) is 5.69 Å². The molecule has 1 rings (SSSR count). The van der Waals surface area contributed by atoms with Crippen LogP contribution in [0.4, 0.5) is 0 Å². The van der Waals surface area contributed by atoms with Crippen molar-refractivity contribution in [3.63, 3.8) is 0 Å². The number of nitrogens with zero attached hydrogens (tertiary/aromatic N) is 3. The highest BCUT2D eigenvalue weighted by Crippen LogP contribution is 2.14. The van der Waals surface area contributed by atoms with Gasteiger partial charge in [0.2, 0.25) is 0 Å². The van der Waals surface area contributed by atoms with Crippen LogP contribution in [0, 0.1) is 13.8 Å². The molecule has 1 unspecified atom stereocenters. The van der Waals surface area contributed by atoms with E-state index in [0.29, 0.717) is 6.04 Å². The van der Waals surface area contributed by atoms with Crippen molar-refractivity contribution < 1.29 is 4.74 Å². The predicted octanol–water partition coefficient (Wildman–Crippen LogP) is 1.95. The molecule has 0 fully saturated rings. The van der Waals surface area contributed by atoms with Gasteiger partial charge in [-0.2, -0.15) is 5.10 Å². The molecule has 6 nitrogen and oxygen atoms in total. The molecule has 0 aliphatic heterocycles. The van der Waals surface area contributed by atoms with Gasteiger partial charge >= 0.3 is 0 Å². The number of hydrogen-bond donors (Lipinski definition) is 2. The fourth-order valence-electron chi connectivity index (χ4n) is 2.58. The van der Waals surface area contributed by atoms with Gasteiger partial charge in [-0.15, -0.1) is 0 Å².